The van der Waals surface area contributed by atoms with Crippen LogP contribution in [0.4, 0.5) is 5.69 Å². The number of nitro benzene ring substituents is 1. The largest absolute Gasteiger partial charge is 0.480 e. The van der Waals surface area contributed by atoms with E-state index in [2.05, 4.69) is 4.99 Å². The van der Waals surface area contributed by atoms with Gasteiger partial charge in [0, 0.05) is 30.2 Å². The van der Waals surface area contributed by atoms with Crippen LogP contribution in [0.1, 0.15) is 19.4 Å². The summed E-state index contributed by atoms with van der Waals surface area (Å²) in [5.74, 6) is -1.57. The molecule has 2 fully saturated rings. The molecule has 1 N–H and O–H groups in total. The first-order chi connectivity index (χ1) is 12.1. The lowest BCUT2D eigenvalue weighted by atomic mass is 9.94. The van der Waals surface area contributed by atoms with Crippen LogP contribution in [-0.4, -0.2) is 62.0 Å². The number of benzene rings is 1. The monoisotopic (exact) mass is 379 g/mol. The molecule has 0 saturated carbocycles. The zero-order valence-corrected chi connectivity index (χ0v) is 15.1. The van der Waals surface area contributed by atoms with Crippen molar-refractivity contribution >= 4 is 35.5 Å². The van der Waals surface area contributed by atoms with E-state index < -0.39 is 38.7 Å². The van der Waals surface area contributed by atoms with Gasteiger partial charge in [0.05, 0.1) is 4.92 Å². The lowest BCUT2D eigenvalue weighted by molar-refractivity contribution is -0.384. The Bertz CT molecular complexity index is 809. The van der Waals surface area contributed by atoms with Crippen LogP contribution < -0.4 is 0 Å². The summed E-state index contributed by atoms with van der Waals surface area (Å²) in [6, 6.07) is 4.74. The number of aliphatic imine (C=N–C) groups is 1. The molecule has 2 saturated heterocycles. The molecule has 0 spiro atoms. The van der Waals surface area contributed by atoms with Gasteiger partial charge < -0.3 is 14.7 Å². The smallest absolute Gasteiger partial charge is 0.327 e. The number of carboxylic acids is 1. The zero-order valence-electron chi connectivity index (χ0n) is 14.3. The van der Waals surface area contributed by atoms with Gasteiger partial charge in [-0.2, -0.15) is 0 Å². The van der Waals surface area contributed by atoms with E-state index in [1.165, 1.54) is 54.3 Å². The van der Waals surface area contributed by atoms with Crippen LogP contribution in [0, 0.1) is 10.1 Å². The molecule has 2 aliphatic heterocycles. The van der Waals surface area contributed by atoms with Crippen LogP contribution in [0.2, 0.25) is 0 Å². The maximum absolute atomic E-state index is 12.7. The van der Waals surface area contributed by atoms with Crippen molar-refractivity contribution in [1.29, 1.82) is 0 Å². The molecule has 138 valence electrons. The van der Waals surface area contributed by atoms with E-state index in [1.54, 1.807) is 13.8 Å². The summed E-state index contributed by atoms with van der Waals surface area (Å²) in [7, 11) is 1.35. The Morgan fingerprint density at radius 3 is 2.54 bits per heavy atom. The number of aliphatic carboxylic acids is 1. The second-order valence-corrected chi connectivity index (χ2v) is 8.27. The van der Waals surface area contributed by atoms with Crippen molar-refractivity contribution in [2.45, 2.75) is 35.7 Å². The summed E-state index contributed by atoms with van der Waals surface area (Å²) in [5.41, 5.74) is -0.976. The molecule has 2 heterocycles. The van der Waals surface area contributed by atoms with Gasteiger partial charge in [-0.1, -0.05) is 0 Å². The highest BCUT2D eigenvalue weighted by atomic mass is 32.2. The highest BCUT2D eigenvalue weighted by Crippen LogP contribution is 2.56. The van der Waals surface area contributed by atoms with Crippen molar-refractivity contribution in [3.63, 3.8) is 0 Å². The summed E-state index contributed by atoms with van der Waals surface area (Å²) in [5, 5.41) is 19.6. The Balaban J connectivity index is 1.88. The molecule has 3 atom stereocenters. The van der Waals surface area contributed by atoms with E-state index in [-0.39, 0.29) is 5.69 Å². The molecular formula is C16H17N3O6S. The van der Waals surface area contributed by atoms with Crippen LogP contribution in [0.25, 0.3) is 0 Å². The van der Waals surface area contributed by atoms with Crippen molar-refractivity contribution < 1.29 is 24.4 Å². The molecule has 10 heteroatoms. The van der Waals surface area contributed by atoms with E-state index >= 15 is 0 Å². The second-order valence-electron chi connectivity index (χ2n) is 6.53. The fraction of sp³-hybridized carbons (Fsp3) is 0.438. The number of ether oxygens (including phenoxy) is 1. The average molecular weight is 379 g/mol. The van der Waals surface area contributed by atoms with Crippen LogP contribution in [0.5, 0.6) is 0 Å². The number of carboxylic acid groups (broad SMARTS) is 1. The molecule has 1 unspecified atom stereocenters. The van der Waals surface area contributed by atoms with Crippen molar-refractivity contribution in [2.75, 3.05) is 7.11 Å². The third kappa shape index (κ3) is 2.56. The number of hydrogen-bond donors (Lipinski definition) is 1. The molecule has 26 heavy (non-hydrogen) atoms. The Labute approximate surface area is 153 Å². The number of nitrogens with zero attached hydrogens (tertiary/aromatic N) is 3. The molecule has 1 aromatic rings. The lowest BCUT2D eigenvalue weighted by Gasteiger charge is -2.49. The number of non-ortho nitro benzene ring substituents is 1. The van der Waals surface area contributed by atoms with Gasteiger partial charge in [0.2, 0.25) is 0 Å². The van der Waals surface area contributed by atoms with Gasteiger partial charge in [-0.15, -0.1) is 11.8 Å². The second kappa shape index (κ2) is 6.06. The van der Waals surface area contributed by atoms with Crippen molar-refractivity contribution in [3.8, 4) is 0 Å². The van der Waals surface area contributed by atoms with Gasteiger partial charge in [-0.25, -0.2) is 9.79 Å². The highest BCUT2D eigenvalue weighted by molar-refractivity contribution is 8.01. The Kier molecular flexibility index (Phi) is 4.27. The van der Waals surface area contributed by atoms with Crippen molar-refractivity contribution in [3.05, 3.63) is 39.9 Å². The highest BCUT2D eigenvalue weighted by Gasteiger charge is 2.72. The number of fused-ring (bicyclic) bond motifs is 1. The third-order valence-electron chi connectivity index (χ3n) is 4.53. The first-order valence-electron chi connectivity index (χ1n) is 7.72. The zero-order chi connectivity index (χ0) is 19.3. The Morgan fingerprint density at radius 2 is 2.04 bits per heavy atom. The molecule has 3 rings (SSSR count). The number of carbonyl (C=O) groups is 2. The molecular weight excluding hydrogens is 362 g/mol. The summed E-state index contributed by atoms with van der Waals surface area (Å²) in [6.45, 7) is 3.53. The summed E-state index contributed by atoms with van der Waals surface area (Å²) < 4.78 is 4.71. The summed E-state index contributed by atoms with van der Waals surface area (Å²) in [6.07, 6.45) is 1.41. The maximum atomic E-state index is 12.7. The van der Waals surface area contributed by atoms with Crippen LogP contribution in [0.15, 0.2) is 29.3 Å². The number of carbonyl (C=O) groups excluding carboxylic acids is 1. The van der Waals surface area contributed by atoms with Crippen LogP contribution >= 0.6 is 11.8 Å². The van der Waals surface area contributed by atoms with Crippen molar-refractivity contribution in [1.82, 2.24) is 4.90 Å². The van der Waals surface area contributed by atoms with E-state index in [4.69, 9.17) is 4.74 Å². The molecule has 2 aliphatic rings. The van der Waals surface area contributed by atoms with Gasteiger partial charge in [0.15, 0.2) is 0 Å². The minimum Gasteiger partial charge on any atom is -0.480 e. The molecule has 0 aliphatic carbocycles. The number of rotatable bonds is 5. The van der Waals surface area contributed by atoms with Gasteiger partial charge in [0.1, 0.15) is 11.4 Å². The Hall–Kier alpha value is -2.46. The van der Waals surface area contributed by atoms with Gasteiger partial charge in [-0.05, 0) is 31.5 Å². The minimum atomic E-state index is -1.49. The lowest BCUT2D eigenvalue weighted by Crippen LogP contribution is -2.73. The van der Waals surface area contributed by atoms with Gasteiger partial charge in [0.25, 0.3) is 17.3 Å². The van der Waals surface area contributed by atoms with E-state index in [0.717, 1.165) is 0 Å². The third-order valence-corrected chi connectivity index (χ3v) is 6.14. The number of methoxy groups -OCH3 is 1. The van der Waals surface area contributed by atoms with E-state index in [1.807, 2.05) is 0 Å². The number of β-lactam (4-membered cyclic amide) rings is 1. The number of hydrogen-bond acceptors (Lipinski definition) is 7. The van der Waals surface area contributed by atoms with Gasteiger partial charge in [-0.3, -0.25) is 14.9 Å². The Morgan fingerprint density at radius 1 is 1.42 bits per heavy atom. The van der Waals surface area contributed by atoms with Crippen LogP contribution in [0.3, 0.4) is 0 Å². The molecule has 0 bridgehead atoms. The number of nitro groups is 1. The first-order valence-corrected chi connectivity index (χ1v) is 8.60. The van der Waals surface area contributed by atoms with E-state index in [9.17, 15) is 24.8 Å². The fourth-order valence-corrected chi connectivity index (χ4v) is 4.89. The molecule has 0 aromatic heterocycles. The van der Waals surface area contributed by atoms with Gasteiger partial charge >= 0.3 is 5.97 Å². The SMILES string of the molecule is COC1(N=Cc2ccc([N+](=O)[O-])cc2)C(=O)N2[C@@H](C(=O)O)C(C)(C)S[C@@H]21. The van der Waals surface area contributed by atoms with Crippen molar-refractivity contribution in [2.24, 2.45) is 4.99 Å². The molecule has 9 nitrogen and oxygen atoms in total. The quantitative estimate of drug-likeness (QED) is 0.356. The standard InChI is InChI=1S/C16H17N3O6S/c1-15(2)11(12(20)21)18-13(22)16(25-3,14(18)26-15)17-8-9-4-6-10(7-5-9)19(23)24/h4-8,11,14H,1-3H3,(H,20,21)/t11-,14+,16?/m0/s1. The molecule has 0 radical (unpaired) electrons. The number of amides is 1. The first kappa shape index (κ1) is 18.3. The predicted molar refractivity (Wildman–Crippen MR) is 94.2 cm³/mol. The van der Waals surface area contributed by atoms with Crippen LogP contribution in [-0.2, 0) is 14.3 Å². The predicted octanol–water partition coefficient (Wildman–Crippen LogP) is 1.50. The minimum absolute atomic E-state index is 0.0492. The number of thioether (sulfide) groups is 1. The topological polar surface area (TPSA) is 122 Å². The summed E-state index contributed by atoms with van der Waals surface area (Å²) >= 11 is 1.33. The molecule has 1 amide bonds. The van der Waals surface area contributed by atoms with E-state index in [0.29, 0.717) is 5.56 Å². The fourth-order valence-electron chi connectivity index (χ4n) is 3.22. The maximum Gasteiger partial charge on any atom is 0.327 e. The molecule has 1 aromatic carbocycles. The normalized spacial score (nSPS) is 29.5. The average Bonchev–Trinajstić information content (AvgIpc) is 2.85. The summed E-state index contributed by atoms with van der Waals surface area (Å²) in [4.78, 5) is 40.0.